The van der Waals surface area contributed by atoms with Crippen molar-refractivity contribution < 1.29 is 41.0 Å². The van der Waals surface area contributed by atoms with Crippen LogP contribution in [0.15, 0.2) is 0 Å². The Labute approximate surface area is 152 Å². The molecule has 6 nitrogen and oxygen atoms in total. The lowest BCUT2D eigenvalue weighted by Gasteiger charge is -2.28. The summed E-state index contributed by atoms with van der Waals surface area (Å²) in [4.78, 5) is 23.9. The molecule has 0 fully saturated rings. The second-order valence-electron chi connectivity index (χ2n) is 6.89. The normalized spacial score (nSPS) is 11.4. The van der Waals surface area contributed by atoms with Crippen molar-refractivity contribution in [2.24, 2.45) is 5.92 Å². The third-order valence-corrected chi connectivity index (χ3v) is 2.75. The van der Waals surface area contributed by atoms with Crippen molar-refractivity contribution >= 4 is 12.2 Å². The van der Waals surface area contributed by atoms with Crippen LogP contribution < -0.4 is 10.2 Å². The average Bonchev–Trinajstić information content (AvgIpc) is 2.52. The molecule has 0 radical (unpaired) electrons. The number of benzene rings is 1. The van der Waals surface area contributed by atoms with Crippen molar-refractivity contribution in [1.29, 1.82) is 0 Å². The summed E-state index contributed by atoms with van der Waals surface area (Å²) in [6.45, 7) is 7.98. The van der Waals surface area contributed by atoms with Crippen LogP contribution in [0.4, 0.5) is 31.5 Å². The predicted octanol–water partition coefficient (Wildman–Crippen LogP) is 4.28. The van der Waals surface area contributed by atoms with Crippen LogP contribution in [0.3, 0.4) is 0 Å². The van der Waals surface area contributed by atoms with E-state index in [-0.39, 0.29) is 12.5 Å². The minimum atomic E-state index is -2.40. The molecule has 0 spiro atoms. The molecule has 0 aliphatic carbocycles. The van der Waals surface area contributed by atoms with Gasteiger partial charge in [0.05, 0.1) is 0 Å². The van der Waals surface area contributed by atoms with E-state index in [2.05, 4.69) is 4.74 Å². The lowest BCUT2D eigenvalue weighted by Crippen LogP contribution is -2.50. The van der Waals surface area contributed by atoms with Gasteiger partial charge in [-0.1, -0.05) is 13.8 Å². The molecule has 27 heavy (non-hydrogen) atoms. The van der Waals surface area contributed by atoms with Crippen LogP contribution in [0.5, 0.6) is 5.75 Å². The molecule has 0 saturated carbocycles. The number of carbonyl (C=O) groups excluding carboxylic acids is 2. The molecule has 0 atom stereocenters. The summed E-state index contributed by atoms with van der Waals surface area (Å²) < 4.78 is 75.6. The van der Waals surface area contributed by atoms with E-state index in [1.807, 2.05) is 5.43 Å². The lowest BCUT2D eigenvalue weighted by atomic mass is 10.2. The summed E-state index contributed by atoms with van der Waals surface area (Å²) in [7, 11) is 0. The fourth-order valence-corrected chi connectivity index (χ4v) is 1.75. The first-order chi connectivity index (χ1) is 12.2. The predicted molar refractivity (Wildman–Crippen MR) is 83.2 cm³/mol. The molecular weight excluding hydrogens is 379 g/mol. The fraction of sp³-hybridized carbons (Fsp3) is 0.500. The second kappa shape index (κ2) is 8.40. The first-order valence-corrected chi connectivity index (χ1v) is 7.75. The molecular formula is C16H19F5N2O4. The van der Waals surface area contributed by atoms with Gasteiger partial charge in [-0.2, -0.15) is 8.78 Å². The SMILES string of the molecule is CC(C)CN(NC(=O)Oc1c(F)c(F)c(F)c(F)c1F)C(=O)OC(C)(C)C. The highest BCUT2D eigenvalue weighted by Gasteiger charge is 2.30. The summed E-state index contributed by atoms with van der Waals surface area (Å²) in [6.07, 6.45) is -2.66. The van der Waals surface area contributed by atoms with Crippen LogP contribution in [-0.4, -0.2) is 29.3 Å². The van der Waals surface area contributed by atoms with Crippen LogP contribution in [0.25, 0.3) is 0 Å². The number of nitrogens with one attached hydrogen (secondary N) is 1. The molecule has 0 saturated heterocycles. The van der Waals surface area contributed by atoms with Crippen molar-refractivity contribution in [3.05, 3.63) is 29.1 Å². The van der Waals surface area contributed by atoms with Crippen molar-refractivity contribution in [2.75, 3.05) is 6.54 Å². The molecule has 0 bridgehead atoms. The quantitative estimate of drug-likeness (QED) is 0.357. The van der Waals surface area contributed by atoms with E-state index < -0.39 is 52.6 Å². The molecule has 1 N–H and O–H groups in total. The highest BCUT2D eigenvalue weighted by Crippen LogP contribution is 2.29. The van der Waals surface area contributed by atoms with Gasteiger partial charge in [-0.3, -0.25) is 0 Å². The summed E-state index contributed by atoms with van der Waals surface area (Å²) in [5.74, 6) is -13.6. The zero-order chi connectivity index (χ0) is 21.1. The number of hydrogen-bond donors (Lipinski definition) is 1. The number of ether oxygens (including phenoxy) is 2. The van der Waals surface area contributed by atoms with Crippen LogP contribution in [0.2, 0.25) is 0 Å². The van der Waals surface area contributed by atoms with E-state index in [9.17, 15) is 31.5 Å². The summed E-state index contributed by atoms with van der Waals surface area (Å²) in [6, 6.07) is 0. The Morgan fingerprint density at radius 2 is 1.41 bits per heavy atom. The maximum atomic E-state index is 13.6. The van der Waals surface area contributed by atoms with Crippen LogP contribution in [0.1, 0.15) is 34.6 Å². The molecule has 2 amide bonds. The fourth-order valence-electron chi connectivity index (χ4n) is 1.75. The monoisotopic (exact) mass is 398 g/mol. The van der Waals surface area contributed by atoms with E-state index >= 15 is 0 Å². The third-order valence-electron chi connectivity index (χ3n) is 2.75. The van der Waals surface area contributed by atoms with Crippen LogP contribution in [0, 0.1) is 35.0 Å². The molecule has 0 aliphatic heterocycles. The highest BCUT2D eigenvalue weighted by molar-refractivity contribution is 5.75. The zero-order valence-corrected chi connectivity index (χ0v) is 15.3. The Morgan fingerprint density at radius 3 is 1.81 bits per heavy atom. The molecule has 0 unspecified atom stereocenters. The van der Waals surface area contributed by atoms with Crippen molar-refractivity contribution in [1.82, 2.24) is 10.4 Å². The molecule has 1 rings (SSSR count). The number of carbonyl (C=O) groups is 2. The van der Waals surface area contributed by atoms with Gasteiger partial charge in [0.1, 0.15) is 5.60 Å². The molecule has 152 valence electrons. The Bertz CT molecular complexity index is 705. The molecule has 1 aromatic rings. The number of nitrogens with zero attached hydrogens (tertiary/aromatic N) is 1. The Kier molecular flexibility index (Phi) is 6.99. The van der Waals surface area contributed by atoms with Gasteiger partial charge < -0.3 is 9.47 Å². The highest BCUT2D eigenvalue weighted by atomic mass is 19.2. The average molecular weight is 398 g/mol. The van der Waals surface area contributed by atoms with Crippen LogP contribution in [-0.2, 0) is 4.74 Å². The Balaban J connectivity index is 3.03. The van der Waals surface area contributed by atoms with Gasteiger partial charge in [-0.25, -0.2) is 33.2 Å². The van der Waals surface area contributed by atoms with Gasteiger partial charge in [-0.15, -0.1) is 0 Å². The molecule has 11 heteroatoms. The summed E-state index contributed by atoms with van der Waals surface area (Å²) >= 11 is 0. The Morgan fingerprint density at radius 1 is 0.963 bits per heavy atom. The van der Waals surface area contributed by atoms with Gasteiger partial charge in [0, 0.05) is 6.54 Å². The van der Waals surface area contributed by atoms with E-state index in [4.69, 9.17) is 4.74 Å². The zero-order valence-electron chi connectivity index (χ0n) is 15.3. The maximum absolute atomic E-state index is 13.6. The van der Waals surface area contributed by atoms with Crippen molar-refractivity contribution in [3.8, 4) is 5.75 Å². The number of halogens is 5. The second-order valence-corrected chi connectivity index (χ2v) is 6.89. The molecule has 1 aromatic carbocycles. The van der Waals surface area contributed by atoms with Gasteiger partial charge >= 0.3 is 12.2 Å². The smallest absolute Gasteiger partial charge is 0.431 e. The number of rotatable bonds is 3. The van der Waals surface area contributed by atoms with Crippen LogP contribution >= 0.6 is 0 Å². The van der Waals surface area contributed by atoms with Gasteiger partial charge in [0.25, 0.3) is 0 Å². The number of amides is 2. The number of hydrazine groups is 1. The summed E-state index contributed by atoms with van der Waals surface area (Å²) in [5.41, 5.74) is 0.935. The largest absolute Gasteiger partial charge is 0.442 e. The number of hydrogen-bond acceptors (Lipinski definition) is 4. The molecule has 0 aliphatic rings. The topological polar surface area (TPSA) is 67.9 Å². The third kappa shape index (κ3) is 5.97. The van der Waals surface area contributed by atoms with E-state index in [1.165, 1.54) is 0 Å². The summed E-state index contributed by atoms with van der Waals surface area (Å²) in [5, 5.41) is 0.657. The maximum Gasteiger partial charge on any atom is 0.431 e. The van der Waals surface area contributed by atoms with Gasteiger partial charge in [0.2, 0.25) is 34.8 Å². The Hall–Kier alpha value is -2.59. The van der Waals surface area contributed by atoms with Crippen molar-refractivity contribution in [2.45, 2.75) is 40.2 Å². The van der Waals surface area contributed by atoms with E-state index in [0.717, 1.165) is 0 Å². The minimum absolute atomic E-state index is 0.0822. The lowest BCUT2D eigenvalue weighted by molar-refractivity contribution is 0.0120. The van der Waals surface area contributed by atoms with Gasteiger partial charge in [-0.05, 0) is 26.7 Å². The first kappa shape index (κ1) is 22.5. The van der Waals surface area contributed by atoms with Gasteiger partial charge in [0.15, 0.2) is 0 Å². The van der Waals surface area contributed by atoms with E-state index in [0.29, 0.717) is 5.01 Å². The molecule has 0 aromatic heterocycles. The minimum Gasteiger partial charge on any atom is -0.442 e. The first-order valence-electron chi connectivity index (χ1n) is 7.75. The van der Waals surface area contributed by atoms with E-state index in [1.54, 1.807) is 34.6 Å². The van der Waals surface area contributed by atoms with Crippen molar-refractivity contribution in [3.63, 3.8) is 0 Å². The molecule has 0 heterocycles. The standard InChI is InChI=1S/C16H19F5N2O4/c1-7(2)6-23(15(25)27-16(3,4)5)22-14(24)26-13-11(20)9(18)8(17)10(19)12(13)21/h7H,6H2,1-5H3,(H,22,24).